The van der Waals surface area contributed by atoms with Crippen LogP contribution < -0.4 is 5.32 Å². The summed E-state index contributed by atoms with van der Waals surface area (Å²) in [5.41, 5.74) is 0. The number of aliphatic hydroxyl groups is 1. The van der Waals surface area contributed by atoms with Crippen LogP contribution in [0.4, 0.5) is 13.2 Å². The minimum atomic E-state index is -4.24. The molecule has 0 aliphatic carbocycles. The summed E-state index contributed by atoms with van der Waals surface area (Å²) in [7, 11) is 1.81. The fraction of sp³-hybridized carbons (Fsp3) is 1.00. The zero-order valence-corrected chi connectivity index (χ0v) is 10.5. The van der Waals surface area contributed by atoms with Gasteiger partial charge in [0.15, 0.2) is 0 Å². The molecule has 0 aromatic rings. The molecule has 1 saturated heterocycles. The maximum Gasteiger partial charge on any atom is 0.401 e. The minimum Gasteiger partial charge on any atom is -0.395 e. The Morgan fingerprint density at radius 3 is 2.72 bits per heavy atom. The number of ether oxygens (including phenoxy) is 1. The summed E-state index contributed by atoms with van der Waals surface area (Å²) in [6.45, 7) is 0.166. The Bertz CT molecular complexity index is 239. The van der Waals surface area contributed by atoms with E-state index >= 15 is 0 Å². The Morgan fingerprint density at radius 2 is 2.17 bits per heavy atom. The van der Waals surface area contributed by atoms with Crippen LogP contribution in [0.3, 0.4) is 0 Å². The van der Waals surface area contributed by atoms with Crippen molar-refractivity contribution < 1.29 is 23.0 Å². The van der Waals surface area contributed by atoms with Gasteiger partial charge in [0, 0.05) is 31.7 Å². The lowest BCUT2D eigenvalue weighted by molar-refractivity contribution is -0.149. The summed E-state index contributed by atoms with van der Waals surface area (Å²) in [5, 5.41) is 11.9. The van der Waals surface area contributed by atoms with Gasteiger partial charge in [-0.05, 0) is 13.5 Å². The first-order chi connectivity index (χ1) is 8.46. The fourth-order valence-corrected chi connectivity index (χ4v) is 2.32. The van der Waals surface area contributed by atoms with E-state index in [1.54, 1.807) is 0 Å². The first-order valence-corrected chi connectivity index (χ1v) is 6.11. The van der Waals surface area contributed by atoms with E-state index in [0.717, 1.165) is 6.42 Å². The van der Waals surface area contributed by atoms with Crippen LogP contribution in [0.1, 0.15) is 6.42 Å². The van der Waals surface area contributed by atoms with E-state index in [9.17, 15) is 13.2 Å². The molecule has 2 N–H and O–H groups in total. The maximum atomic E-state index is 12.4. The van der Waals surface area contributed by atoms with Crippen molar-refractivity contribution in [2.24, 2.45) is 5.92 Å². The molecule has 0 saturated carbocycles. The third-order valence-electron chi connectivity index (χ3n) is 3.16. The van der Waals surface area contributed by atoms with E-state index in [4.69, 9.17) is 9.84 Å². The maximum absolute atomic E-state index is 12.4. The van der Waals surface area contributed by atoms with Gasteiger partial charge in [0.1, 0.15) is 0 Å². The number of nitrogens with zero attached hydrogens (tertiary/aromatic N) is 1. The van der Waals surface area contributed by atoms with Crippen LogP contribution in [0.25, 0.3) is 0 Å². The Labute approximate surface area is 105 Å². The standard InChI is InChI=1S/C11H21F3N2O2/c1-15-10-2-5-18-7-9(10)6-16(3-4-17)8-11(12,13)14/h9-10,15,17H,2-8H2,1H3. The normalized spacial score (nSPS) is 25.7. The molecular formula is C11H21F3N2O2. The Balaban J connectivity index is 2.52. The summed E-state index contributed by atoms with van der Waals surface area (Å²) in [6, 6.07) is 0.174. The number of rotatable bonds is 6. The number of nitrogens with one attached hydrogen (secondary N) is 1. The molecule has 1 aliphatic heterocycles. The van der Waals surface area contributed by atoms with Crippen LogP contribution >= 0.6 is 0 Å². The monoisotopic (exact) mass is 270 g/mol. The molecule has 108 valence electrons. The van der Waals surface area contributed by atoms with Gasteiger partial charge in [-0.25, -0.2) is 0 Å². The summed E-state index contributed by atoms with van der Waals surface area (Å²) >= 11 is 0. The van der Waals surface area contributed by atoms with Gasteiger partial charge in [0.05, 0.1) is 19.8 Å². The molecule has 1 aliphatic rings. The van der Waals surface area contributed by atoms with Gasteiger partial charge in [-0.1, -0.05) is 0 Å². The second kappa shape index (κ2) is 7.28. The van der Waals surface area contributed by atoms with Crippen molar-refractivity contribution >= 4 is 0 Å². The molecule has 1 heterocycles. The smallest absolute Gasteiger partial charge is 0.395 e. The van der Waals surface area contributed by atoms with Gasteiger partial charge in [0.2, 0.25) is 0 Å². The van der Waals surface area contributed by atoms with Crippen molar-refractivity contribution in [2.45, 2.75) is 18.6 Å². The summed E-state index contributed by atoms with van der Waals surface area (Å²) in [5.74, 6) is 0.0256. The van der Waals surface area contributed by atoms with Crippen molar-refractivity contribution in [1.29, 1.82) is 0 Å². The zero-order chi connectivity index (χ0) is 13.6. The van der Waals surface area contributed by atoms with Crippen LogP contribution in [0.15, 0.2) is 0 Å². The number of hydrogen-bond donors (Lipinski definition) is 2. The largest absolute Gasteiger partial charge is 0.401 e. The van der Waals surface area contributed by atoms with Crippen LogP contribution in [0.2, 0.25) is 0 Å². The Morgan fingerprint density at radius 1 is 1.44 bits per heavy atom. The van der Waals surface area contributed by atoms with Crippen molar-refractivity contribution in [3.63, 3.8) is 0 Å². The highest BCUT2D eigenvalue weighted by atomic mass is 19.4. The van der Waals surface area contributed by atoms with E-state index < -0.39 is 12.7 Å². The number of alkyl halides is 3. The van der Waals surface area contributed by atoms with E-state index in [0.29, 0.717) is 13.2 Å². The average molecular weight is 270 g/mol. The minimum absolute atomic E-state index is 0.0256. The lowest BCUT2D eigenvalue weighted by Crippen LogP contribution is -2.48. The van der Waals surface area contributed by atoms with Gasteiger partial charge in [-0.3, -0.25) is 4.90 Å². The van der Waals surface area contributed by atoms with Crippen LogP contribution in [0.5, 0.6) is 0 Å². The lowest BCUT2D eigenvalue weighted by Gasteiger charge is -2.35. The van der Waals surface area contributed by atoms with Gasteiger partial charge < -0.3 is 15.2 Å². The van der Waals surface area contributed by atoms with Crippen LogP contribution in [-0.4, -0.2) is 68.7 Å². The molecule has 0 radical (unpaired) electrons. The molecule has 4 nitrogen and oxygen atoms in total. The number of halogens is 3. The molecule has 0 amide bonds. The highest BCUT2D eigenvalue weighted by Gasteiger charge is 2.33. The number of aliphatic hydroxyl groups excluding tert-OH is 1. The topological polar surface area (TPSA) is 44.7 Å². The highest BCUT2D eigenvalue weighted by Crippen LogP contribution is 2.20. The van der Waals surface area contributed by atoms with Crippen molar-refractivity contribution in [1.82, 2.24) is 10.2 Å². The molecule has 1 rings (SSSR count). The predicted octanol–water partition coefficient (Wildman–Crippen LogP) is 0.468. The fourth-order valence-electron chi connectivity index (χ4n) is 2.32. The molecule has 0 bridgehead atoms. The SMILES string of the molecule is CNC1CCOCC1CN(CCO)CC(F)(F)F. The van der Waals surface area contributed by atoms with Crippen LogP contribution in [0, 0.1) is 5.92 Å². The first kappa shape index (κ1) is 15.7. The van der Waals surface area contributed by atoms with Crippen molar-refractivity contribution in [2.75, 3.05) is 46.5 Å². The molecule has 18 heavy (non-hydrogen) atoms. The van der Waals surface area contributed by atoms with Gasteiger partial charge in [-0.2, -0.15) is 13.2 Å². The van der Waals surface area contributed by atoms with E-state index in [1.807, 2.05) is 7.05 Å². The van der Waals surface area contributed by atoms with Crippen LogP contribution in [-0.2, 0) is 4.74 Å². The molecule has 2 unspecified atom stereocenters. The highest BCUT2D eigenvalue weighted by molar-refractivity contribution is 4.81. The van der Waals surface area contributed by atoms with E-state index in [2.05, 4.69) is 5.32 Å². The summed E-state index contributed by atoms with van der Waals surface area (Å²) in [6.07, 6.45) is -3.43. The molecule has 2 atom stereocenters. The zero-order valence-electron chi connectivity index (χ0n) is 10.5. The average Bonchev–Trinajstić information content (AvgIpc) is 2.28. The Hall–Kier alpha value is -0.370. The Kier molecular flexibility index (Phi) is 6.34. The first-order valence-electron chi connectivity index (χ1n) is 6.11. The third kappa shape index (κ3) is 5.51. The van der Waals surface area contributed by atoms with E-state index in [1.165, 1.54) is 4.90 Å². The van der Waals surface area contributed by atoms with Gasteiger partial charge in [-0.15, -0.1) is 0 Å². The third-order valence-corrected chi connectivity index (χ3v) is 3.16. The quantitative estimate of drug-likeness (QED) is 0.736. The lowest BCUT2D eigenvalue weighted by atomic mass is 9.95. The number of hydrogen-bond acceptors (Lipinski definition) is 4. The predicted molar refractivity (Wildman–Crippen MR) is 61.4 cm³/mol. The van der Waals surface area contributed by atoms with Gasteiger partial charge >= 0.3 is 6.18 Å². The molecular weight excluding hydrogens is 249 g/mol. The van der Waals surface area contributed by atoms with E-state index in [-0.39, 0.29) is 31.7 Å². The second-order valence-electron chi connectivity index (χ2n) is 4.59. The molecule has 0 aromatic heterocycles. The molecule has 7 heteroatoms. The van der Waals surface area contributed by atoms with Crippen molar-refractivity contribution in [3.8, 4) is 0 Å². The summed E-state index contributed by atoms with van der Waals surface area (Å²) in [4.78, 5) is 1.24. The summed E-state index contributed by atoms with van der Waals surface area (Å²) < 4.78 is 42.5. The van der Waals surface area contributed by atoms with Crippen molar-refractivity contribution in [3.05, 3.63) is 0 Å². The molecule has 0 spiro atoms. The molecule has 0 aromatic carbocycles. The van der Waals surface area contributed by atoms with Gasteiger partial charge in [0.25, 0.3) is 0 Å². The molecule has 1 fully saturated rings. The second-order valence-corrected chi connectivity index (χ2v) is 4.59.